The van der Waals surface area contributed by atoms with Crippen molar-refractivity contribution in [3.63, 3.8) is 0 Å². The number of carbonyl (C=O) groups excluding carboxylic acids is 1. The van der Waals surface area contributed by atoms with Gasteiger partial charge in [0.15, 0.2) is 5.78 Å². The smallest absolute Gasteiger partial charge is 0.339 e. The maximum absolute atomic E-state index is 11.2. The van der Waals surface area contributed by atoms with Gasteiger partial charge in [-0.05, 0) is 37.1 Å². The number of carboxylic acid groups (broad SMARTS) is 1. The zero-order valence-electron chi connectivity index (χ0n) is 10.4. The normalized spacial score (nSPS) is 9.53. The topological polar surface area (TPSA) is 112 Å². The number of nitrogens with zero attached hydrogens (tertiary/aromatic N) is 3. The number of carbonyl (C=O) groups is 2. The number of hydrogen-bond acceptors (Lipinski definition) is 4. The fourth-order valence-corrected chi connectivity index (χ4v) is 1.40. The molecule has 0 spiro atoms. The van der Waals surface area contributed by atoms with E-state index in [9.17, 15) is 9.59 Å². The fraction of sp³-hybridized carbons (Fsp3) is 0.333. The lowest BCUT2D eigenvalue weighted by atomic mass is 10.1. The van der Waals surface area contributed by atoms with Crippen LogP contribution in [0.15, 0.2) is 23.3 Å². The molecule has 0 aliphatic heterocycles. The second-order valence-corrected chi connectivity index (χ2v) is 3.73. The van der Waals surface area contributed by atoms with Gasteiger partial charge in [0.1, 0.15) is 11.3 Å². The van der Waals surface area contributed by atoms with Gasteiger partial charge < -0.3 is 9.84 Å². The van der Waals surface area contributed by atoms with Gasteiger partial charge in [-0.3, -0.25) is 4.79 Å². The number of azide groups is 1. The summed E-state index contributed by atoms with van der Waals surface area (Å²) in [7, 11) is 0. The monoisotopic (exact) mass is 263 g/mol. The molecule has 0 amide bonds. The highest BCUT2D eigenvalue weighted by molar-refractivity contribution is 5.98. The largest absolute Gasteiger partial charge is 0.493 e. The number of rotatable bonds is 7. The van der Waals surface area contributed by atoms with Crippen molar-refractivity contribution in [1.29, 1.82) is 0 Å². The number of aromatic carboxylic acids is 1. The molecule has 100 valence electrons. The average Bonchev–Trinajstić information content (AvgIpc) is 2.38. The van der Waals surface area contributed by atoms with Crippen LogP contribution in [0.2, 0.25) is 0 Å². The second-order valence-electron chi connectivity index (χ2n) is 3.73. The lowest BCUT2D eigenvalue weighted by molar-refractivity contribution is 0.0692. The van der Waals surface area contributed by atoms with Gasteiger partial charge in [0, 0.05) is 17.0 Å². The van der Waals surface area contributed by atoms with Gasteiger partial charge >= 0.3 is 5.97 Å². The predicted octanol–water partition coefficient (Wildman–Crippen LogP) is 2.67. The third-order valence-electron chi connectivity index (χ3n) is 2.34. The minimum Gasteiger partial charge on any atom is -0.493 e. The predicted molar refractivity (Wildman–Crippen MR) is 67.5 cm³/mol. The first kappa shape index (κ1) is 14.5. The molecule has 0 atom stereocenters. The van der Waals surface area contributed by atoms with Gasteiger partial charge in [0.25, 0.3) is 0 Å². The number of hydrogen-bond donors (Lipinski definition) is 1. The van der Waals surface area contributed by atoms with Crippen molar-refractivity contribution in [2.24, 2.45) is 5.11 Å². The van der Waals surface area contributed by atoms with Crippen LogP contribution in [-0.4, -0.2) is 30.0 Å². The molecule has 0 bridgehead atoms. The Hall–Kier alpha value is -2.53. The minimum atomic E-state index is -1.16. The van der Waals surface area contributed by atoms with Crippen molar-refractivity contribution in [2.75, 3.05) is 13.2 Å². The number of ether oxygens (including phenoxy) is 1. The summed E-state index contributed by atoms with van der Waals surface area (Å²) in [5.41, 5.74) is 8.35. The molecule has 0 unspecified atom stereocenters. The quantitative estimate of drug-likeness (QED) is 0.268. The van der Waals surface area contributed by atoms with Crippen molar-refractivity contribution in [1.82, 2.24) is 0 Å². The first-order chi connectivity index (χ1) is 9.06. The highest BCUT2D eigenvalue weighted by Crippen LogP contribution is 2.21. The Morgan fingerprint density at radius 3 is 2.79 bits per heavy atom. The standard InChI is InChI=1S/C12H13N3O4/c1-8(16)9-3-4-11(10(7-9)12(17)18)19-6-2-5-14-15-13/h3-4,7H,2,5-6H2,1H3,(H,17,18). The molecule has 19 heavy (non-hydrogen) atoms. The van der Waals surface area contributed by atoms with E-state index in [1.807, 2.05) is 0 Å². The third-order valence-corrected chi connectivity index (χ3v) is 2.34. The van der Waals surface area contributed by atoms with E-state index in [-0.39, 0.29) is 30.2 Å². The molecule has 0 aromatic heterocycles. The van der Waals surface area contributed by atoms with Crippen molar-refractivity contribution in [2.45, 2.75) is 13.3 Å². The molecule has 0 fully saturated rings. The lowest BCUT2D eigenvalue weighted by Gasteiger charge is -2.09. The molecular weight excluding hydrogens is 250 g/mol. The first-order valence-electron chi connectivity index (χ1n) is 5.58. The molecule has 7 heteroatoms. The van der Waals surface area contributed by atoms with E-state index in [1.165, 1.54) is 25.1 Å². The molecule has 0 aliphatic carbocycles. The summed E-state index contributed by atoms with van der Waals surface area (Å²) in [6.07, 6.45) is 0.484. The summed E-state index contributed by atoms with van der Waals surface area (Å²) >= 11 is 0. The van der Waals surface area contributed by atoms with Gasteiger partial charge in [-0.2, -0.15) is 0 Å². The van der Waals surface area contributed by atoms with E-state index >= 15 is 0 Å². The molecule has 1 N–H and O–H groups in total. The Morgan fingerprint density at radius 2 is 2.21 bits per heavy atom. The maximum atomic E-state index is 11.2. The first-order valence-corrected chi connectivity index (χ1v) is 5.58. The third kappa shape index (κ3) is 4.33. The van der Waals surface area contributed by atoms with Crippen molar-refractivity contribution < 1.29 is 19.4 Å². The van der Waals surface area contributed by atoms with E-state index in [0.29, 0.717) is 12.0 Å². The zero-order valence-corrected chi connectivity index (χ0v) is 10.4. The van der Waals surface area contributed by atoms with Gasteiger partial charge in [-0.15, -0.1) is 0 Å². The highest BCUT2D eigenvalue weighted by Gasteiger charge is 2.13. The molecule has 0 radical (unpaired) electrons. The van der Waals surface area contributed by atoms with E-state index in [4.69, 9.17) is 15.4 Å². The maximum Gasteiger partial charge on any atom is 0.339 e. The second kappa shape index (κ2) is 7.03. The van der Waals surface area contributed by atoms with Gasteiger partial charge in [0.05, 0.1) is 6.61 Å². The van der Waals surface area contributed by atoms with Crippen LogP contribution >= 0.6 is 0 Å². The molecule has 1 rings (SSSR count). The van der Waals surface area contributed by atoms with Crippen LogP contribution in [0.3, 0.4) is 0 Å². The Kier molecular flexibility index (Phi) is 5.37. The van der Waals surface area contributed by atoms with Crippen molar-refractivity contribution in [3.05, 3.63) is 39.8 Å². The average molecular weight is 263 g/mol. The van der Waals surface area contributed by atoms with Crippen molar-refractivity contribution in [3.8, 4) is 5.75 Å². The fourth-order valence-electron chi connectivity index (χ4n) is 1.40. The molecule has 0 saturated heterocycles. The van der Waals surface area contributed by atoms with Crippen LogP contribution in [0.4, 0.5) is 0 Å². The summed E-state index contributed by atoms with van der Waals surface area (Å²) in [4.78, 5) is 24.9. The molecule has 0 saturated carbocycles. The molecule has 1 aromatic rings. The van der Waals surface area contributed by atoms with Crippen LogP contribution in [0.1, 0.15) is 34.1 Å². The summed E-state index contributed by atoms with van der Waals surface area (Å²) in [6.45, 7) is 1.88. The summed E-state index contributed by atoms with van der Waals surface area (Å²) in [5.74, 6) is -1.18. The molecular formula is C12H13N3O4. The SMILES string of the molecule is CC(=O)c1ccc(OCCCN=[N+]=[N-])c(C(=O)O)c1. The number of benzene rings is 1. The van der Waals surface area contributed by atoms with Gasteiger partial charge in [0.2, 0.25) is 0 Å². The summed E-state index contributed by atoms with van der Waals surface area (Å²) in [5, 5.41) is 12.4. The Balaban J connectivity index is 2.79. The van der Waals surface area contributed by atoms with Crippen LogP contribution in [0.5, 0.6) is 5.75 Å². The Morgan fingerprint density at radius 1 is 1.47 bits per heavy atom. The number of ketones is 1. The van der Waals surface area contributed by atoms with Crippen LogP contribution in [-0.2, 0) is 0 Å². The van der Waals surface area contributed by atoms with E-state index in [2.05, 4.69) is 10.0 Å². The summed E-state index contributed by atoms with van der Waals surface area (Å²) in [6, 6.07) is 4.25. The molecule has 0 aliphatic rings. The van der Waals surface area contributed by atoms with E-state index in [0.717, 1.165) is 0 Å². The van der Waals surface area contributed by atoms with Crippen LogP contribution in [0, 0.1) is 0 Å². The van der Waals surface area contributed by atoms with Gasteiger partial charge in [-0.1, -0.05) is 5.11 Å². The zero-order chi connectivity index (χ0) is 14.3. The van der Waals surface area contributed by atoms with Crippen molar-refractivity contribution >= 4 is 11.8 Å². The van der Waals surface area contributed by atoms with Crippen LogP contribution in [0.25, 0.3) is 10.4 Å². The van der Waals surface area contributed by atoms with E-state index in [1.54, 1.807) is 0 Å². The van der Waals surface area contributed by atoms with E-state index < -0.39 is 5.97 Å². The summed E-state index contributed by atoms with van der Waals surface area (Å²) < 4.78 is 5.30. The molecule has 7 nitrogen and oxygen atoms in total. The van der Waals surface area contributed by atoms with Crippen LogP contribution < -0.4 is 4.74 Å². The number of carboxylic acids is 1. The molecule has 1 aromatic carbocycles. The minimum absolute atomic E-state index is 0.0588. The lowest BCUT2D eigenvalue weighted by Crippen LogP contribution is -2.07. The number of Topliss-reactive ketones (excluding diaryl/α,β-unsaturated/α-hetero) is 1. The Bertz CT molecular complexity index is 536. The Labute approximate surface area is 109 Å². The molecule has 0 heterocycles. The highest BCUT2D eigenvalue weighted by atomic mass is 16.5. The van der Waals surface area contributed by atoms with Gasteiger partial charge in [-0.25, -0.2) is 4.79 Å².